The second kappa shape index (κ2) is 5.62. The second-order valence-electron chi connectivity index (χ2n) is 6.93. The summed E-state index contributed by atoms with van der Waals surface area (Å²) in [5, 5.41) is 0. The number of carbonyl (C=O) groups excluding carboxylic acids is 2. The lowest BCUT2D eigenvalue weighted by molar-refractivity contribution is -0.136. The fourth-order valence-corrected chi connectivity index (χ4v) is 4.49. The zero-order valence-electron chi connectivity index (χ0n) is 13.1. The molecule has 0 N–H and O–H groups in total. The molecule has 1 aromatic rings. The normalized spacial score (nSPS) is 29.3. The van der Waals surface area contributed by atoms with Crippen LogP contribution in [0.4, 0.5) is 4.39 Å². The first-order valence-corrected chi connectivity index (χ1v) is 8.52. The van der Waals surface area contributed by atoms with E-state index >= 15 is 0 Å². The third-order valence-electron chi connectivity index (χ3n) is 5.56. The minimum Gasteiger partial charge on any atom is -0.341 e. The summed E-state index contributed by atoms with van der Waals surface area (Å²) >= 11 is 0. The number of hydrogen-bond donors (Lipinski definition) is 0. The van der Waals surface area contributed by atoms with Crippen LogP contribution < -0.4 is 0 Å². The number of hydrogen-bond acceptors (Lipinski definition) is 2. The molecule has 1 aromatic carbocycles. The minimum absolute atomic E-state index is 0.0967. The number of halogens is 1. The molecule has 0 radical (unpaired) electrons. The van der Waals surface area contributed by atoms with E-state index in [1.54, 1.807) is 17.0 Å². The first kappa shape index (κ1) is 14.7. The lowest BCUT2D eigenvalue weighted by atomic mass is 9.96. The number of nitrogens with zero attached hydrogens (tertiary/aromatic N) is 2. The molecule has 2 aliphatic heterocycles. The zero-order valence-corrected chi connectivity index (χ0v) is 13.1. The molecule has 2 bridgehead atoms. The summed E-state index contributed by atoms with van der Waals surface area (Å²) in [4.78, 5) is 29.5. The average molecular weight is 316 g/mol. The molecule has 3 fully saturated rings. The van der Waals surface area contributed by atoms with Crippen molar-refractivity contribution in [1.29, 1.82) is 0 Å². The van der Waals surface area contributed by atoms with Crippen molar-refractivity contribution in [3.8, 4) is 0 Å². The Morgan fingerprint density at radius 3 is 2.65 bits per heavy atom. The van der Waals surface area contributed by atoms with Crippen LogP contribution in [0.25, 0.3) is 0 Å². The van der Waals surface area contributed by atoms with Gasteiger partial charge in [0.25, 0.3) is 5.91 Å². The molecule has 1 saturated carbocycles. The highest BCUT2D eigenvalue weighted by Gasteiger charge is 2.52. The van der Waals surface area contributed by atoms with Gasteiger partial charge in [-0.2, -0.15) is 0 Å². The number of rotatable bonds is 2. The third-order valence-corrected chi connectivity index (χ3v) is 5.56. The molecule has 1 aliphatic carbocycles. The Balaban J connectivity index is 1.62. The van der Waals surface area contributed by atoms with E-state index in [4.69, 9.17) is 0 Å². The predicted octanol–water partition coefficient (Wildman–Crippen LogP) is 2.44. The number of carbonyl (C=O) groups is 2. The van der Waals surface area contributed by atoms with Crippen molar-refractivity contribution in [1.82, 2.24) is 9.80 Å². The van der Waals surface area contributed by atoms with Crippen molar-refractivity contribution in [3.05, 3.63) is 35.6 Å². The van der Waals surface area contributed by atoms with Crippen LogP contribution in [-0.2, 0) is 4.79 Å². The van der Waals surface area contributed by atoms with Gasteiger partial charge in [-0.05, 0) is 56.2 Å². The molecule has 23 heavy (non-hydrogen) atoms. The second-order valence-corrected chi connectivity index (χ2v) is 6.93. The highest BCUT2D eigenvalue weighted by molar-refractivity contribution is 5.98. The lowest BCUT2D eigenvalue weighted by Crippen LogP contribution is -2.53. The lowest BCUT2D eigenvalue weighted by Gasteiger charge is -2.36. The van der Waals surface area contributed by atoms with E-state index in [9.17, 15) is 14.0 Å². The molecule has 2 saturated heterocycles. The van der Waals surface area contributed by atoms with Gasteiger partial charge in [0, 0.05) is 24.7 Å². The first-order valence-electron chi connectivity index (χ1n) is 8.52. The highest BCUT2D eigenvalue weighted by atomic mass is 19.1. The van der Waals surface area contributed by atoms with Crippen LogP contribution in [-0.4, -0.2) is 46.8 Å². The van der Waals surface area contributed by atoms with Crippen LogP contribution >= 0.6 is 0 Å². The van der Waals surface area contributed by atoms with Crippen LogP contribution in [0.2, 0.25) is 0 Å². The molecule has 0 aromatic heterocycles. The number of fused-ring (bicyclic) bond motifs is 2. The summed E-state index contributed by atoms with van der Waals surface area (Å²) in [5.41, 5.74) is 0.344. The smallest absolute Gasteiger partial charge is 0.254 e. The molecule has 3 aliphatic rings. The van der Waals surface area contributed by atoms with Crippen LogP contribution in [0.3, 0.4) is 0 Å². The molecular formula is C18H21FN2O2. The largest absolute Gasteiger partial charge is 0.341 e. The Kier molecular flexibility index (Phi) is 3.58. The third kappa shape index (κ3) is 2.42. The summed E-state index contributed by atoms with van der Waals surface area (Å²) < 4.78 is 13.5. The van der Waals surface area contributed by atoms with E-state index in [-0.39, 0.29) is 29.8 Å². The number of piperidine rings is 1. The van der Waals surface area contributed by atoms with Crippen LogP contribution in [0.1, 0.15) is 42.5 Å². The van der Waals surface area contributed by atoms with E-state index in [1.807, 2.05) is 4.90 Å². The van der Waals surface area contributed by atoms with E-state index < -0.39 is 5.82 Å². The van der Waals surface area contributed by atoms with E-state index in [0.29, 0.717) is 5.56 Å². The summed E-state index contributed by atoms with van der Waals surface area (Å²) in [6.07, 6.45) is 4.97. The predicted molar refractivity (Wildman–Crippen MR) is 83.3 cm³/mol. The van der Waals surface area contributed by atoms with Gasteiger partial charge in [0.15, 0.2) is 0 Å². The van der Waals surface area contributed by atoms with Crippen molar-refractivity contribution in [2.24, 2.45) is 5.92 Å². The summed E-state index contributed by atoms with van der Waals surface area (Å²) in [6.45, 7) is 1.60. The fraction of sp³-hybridized carbons (Fsp3) is 0.556. The van der Waals surface area contributed by atoms with E-state index in [0.717, 1.165) is 45.2 Å². The van der Waals surface area contributed by atoms with Gasteiger partial charge in [-0.3, -0.25) is 9.59 Å². The van der Waals surface area contributed by atoms with Gasteiger partial charge in [0.2, 0.25) is 5.91 Å². The zero-order chi connectivity index (χ0) is 16.0. The molecule has 5 heteroatoms. The molecule has 4 rings (SSSR count). The Bertz CT molecular complexity index is 642. The molecule has 0 unspecified atom stereocenters. The van der Waals surface area contributed by atoms with Gasteiger partial charge < -0.3 is 9.80 Å². The SMILES string of the molecule is O=C([C@@H]1[C@H]2CC[C@@H](C2)N1C(=O)c1cccc(F)c1)N1CCCC1. The molecule has 2 amide bonds. The van der Waals surface area contributed by atoms with Crippen LogP contribution in [0.5, 0.6) is 0 Å². The fourth-order valence-electron chi connectivity index (χ4n) is 4.49. The monoisotopic (exact) mass is 316 g/mol. The van der Waals surface area contributed by atoms with Crippen molar-refractivity contribution in [2.45, 2.75) is 44.2 Å². The number of amides is 2. The molecule has 4 nitrogen and oxygen atoms in total. The maximum absolute atomic E-state index is 13.5. The average Bonchev–Trinajstić information content (AvgIpc) is 3.29. The topological polar surface area (TPSA) is 40.6 Å². The Morgan fingerprint density at radius 1 is 1.13 bits per heavy atom. The van der Waals surface area contributed by atoms with Crippen molar-refractivity contribution in [2.75, 3.05) is 13.1 Å². The van der Waals surface area contributed by atoms with Gasteiger partial charge >= 0.3 is 0 Å². The van der Waals surface area contributed by atoms with Gasteiger partial charge in [-0.1, -0.05) is 6.07 Å². The molecule has 0 spiro atoms. The van der Waals surface area contributed by atoms with Crippen molar-refractivity contribution >= 4 is 11.8 Å². The summed E-state index contributed by atoms with van der Waals surface area (Å²) in [6, 6.07) is 5.57. The number of likely N-dealkylation sites (tertiary alicyclic amines) is 2. The quantitative estimate of drug-likeness (QED) is 0.841. The standard InChI is InChI=1S/C18H21FN2O2/c19-14-5-3-4-13(10-14)17(22)21-15-7-6-12(11-15)16(21)18(23)20-8-1-2-9-20/h3-5,10,12,15-16H,1-2,6-9,11H2/t12-,15-,16-/m0/s1. The van der Waals surface area contributed by atoms with Crippen molar-refractivity contribution in [3.63, 3.8) is 0 Å². The summed E-state index contributed by atoms with van der Waals surface area (Å²) in [5.74, 6) is -0.248. The van der Waals surface area contributed by atoms with Gasteiger partial charge in [-0.15, -0.1) is 0 Å². The number of benzene rings is 1. The van der Waals surface area contributed by atoms with E-state index in [1.165, 1.54) is 12.1 Å². The maximum Gasteiger partial charge on any atom is 0.254 e. The van der Waals surface area contributed by atoms with Gasteiger partial charge in [-0.25, -0.2) is 4.39 Å². The molecule has 2 heterocycles. The van der Waals surface area contributed by atoms with Crippen LogP contribution in [0.15, 0.2) is 24.3 Å². The van der Waals surface area contributed by atoms with Gasteiger partial charge in [0.1, 0.15) is 11.9 Å². The van der Waals surface area contributed by atoms with Gasteiger partial charge in [0.05, 0.1) is 0 Å². The van der Waals surface area contributed by atoms with E-state index in [2.05, 4.69) is 0 Å². The van der Waals surface area contributed by atoms with Crippen molar-refractivity contribution < 1.29 is 14.0 Å². The maximum atomic E-state index is 13.5. The Morgan fingerprint density at radius 2 is 1.91 bits per heavy atom. The Hall–Kier alpha value is -1.91. The Labute approximate surface area is 135 Å². The highest BCUT2D eigenvalue weighted by Crippen LogP contribution is 2.44. The molecule has 3 atom stereocenters. The van der Waals surface area contributed by atoms with Crippen LogP contribution in [0, 0.1) is 11.7 Å². The molecular weight excluding hydrogens is 295 g/mol. The first-order chi connectivity index (χ1) is 11.1. The summed E-state index contributed by atoms with van der Waals surface area (Å²) in [7, 11) is 0. The minimum atomic E-state index is -0.414. The molecule has 122 valence electrons.